The van der Waals surface area contributed by atoms with Gasteiger partial charge in [0.25, 0.3) is 0 Å². The number of unbranched alkanes of at least 4 members (excludes halogenated alkanes) is 2. The lowest BCUT2D eigenvalue weighted by Crippen LogP contribution is -2.25. The highest BCUT2D eigenvalue weighted by Crippen LogP contribution is 2.28. The molecular formula is C16H27FN2O. The molecule has 0 amide bonds. The van der Waals surface area contributed by atoms with Crippen molar-refractivity contribution in [3.05, 3.63) is 29.6 Å². The van der Waals surface area contributed by atoms with E-state index in [2.05, 4.69) is 10.2 Å². The Morgan fingerprint density at radius 2 is 2.05 bits per heavy atom. The number of aliphatic hydroxyl groups is 1. The third kappa shape index (κ3) is 4.76. The van der Waals surface area contributed by atoms with Crippen molar-refractivity contribution in [3.8, 4) is 0 Å². The van der Waals surface area contributed by atoms with Crippen LogP contribution in [0.2, 0.25) is 0 Å². The maximum absolute atomic E-state index is 14.1. The topological polar surface area (TPSA) is 35.5 Å². The summed E-state index contributed by atoms with van der Waals surface area (Å²) in [5, 5.41) is 12.1. The first-order valence-corrected chi connectivity index (χ1v) is 7.45. The van der Waals surface area contributed by atoms with Crippen LogP contribution in [0.1, 0.15) is 44.7 Å². The van der Waals surface area contributed by atoms with Gasteiger partial charge in [-0.3, -0.25) is 0 Å². The second kappa shape index (κ2) is 8.93. The van der Waals surface area contributed by atoms with Gasteiger partial charge < -0.3 is 15.3 Å². The summed E-state index contributed by atoms with van der Waals surface area (Å²) in [6, 6.07) is 5.25. The van der Waals surface area contributed by atoms with Gasteiger partial charge in [0.05, 0.1) is 0 Å². The Kier molecular flexibility index (Phi) is 7.55. The lowest BCUT2D eigenvalue weighted by Gasteiger charge is -2.26. The van der Waals surface area contributed by atoms with Gasteiger partial charge in [0.15, 0.2) is 0 Å². The molecule has 1 aromatic carbocycles. The van der Waals surface area contributed by atoms with Crippen LogP contribution < -0.4 is 10.2 Å². The smallest absolute Gasteiger partial charge is 0.130 e. The van der Waals surface area contributed by atoms with E-state index in [1.807, 2.05) is 27.0 Å². The molecule has 0 saturated carbocycles. The Bertz CT molecular complexity index is 398. The van der Waals surface area contributed by atoms with E-state index >= 15 is 0 Å². The van der Waals surface area contributed by atoms with Crippen molar-refractivity contribution >= 4 is 5.69 Å². The Labute approximate surface area is 121 Å². The normalized spacial score (nSPS) is 12.4. The second-order valence-corrected chi connectivity index (χ2v) is 5.16. The minimum absolute atomic E-state index is 0.00362. The third-order valence-electron chi connectivity index (χ3n) is 3.54. The summed E-state index contributed by atoms with van der Waals surface area (Å²) in [6.07, 6.45) is 2.83. The van der Waals surface area contributed by atoms with Gasteiger partial charge in [0, 0.05) is 37.5 Å². The summed E-state index contributed by atoms with van der Waals surface area (Å²) in [7, 11) is 2.00. The van der Waals surface area contributed by atoms with Gasteiger partial charge >= 0.3 is 0 Å². The maximum Gasteiger partial charge on any atom is 0.130 e. The molecule has 2 N–H and O–H groups in total. The minimum atomic E-state index is -0.154. The van der Waals surface area contributed by atoms with Crippen molar-refractivity contribution in [1.29, 1.82) is 0 Å². The predicted molar refractivity (Wildman–Crippen MR) is 82.7 cm³/mol. The zero-order valence-electron chi connectivity index (χ0n) is 12.8. The molecular weight excluding hydrogens is 255 g/mol. The molecule has 0 aliphatic rings. The maximum atomic E-state index is 14.1. The lowest BCUT2D eigenvalue weighted by atomic mass is 10.0. The van der Waals surface area contributed by atoms with Crippen molar-refractivity contribution in [2.45, 2.75) is 39.2 Å². The third-order valence-corrected chi connectivity index (χ3v) is 3.54. The van der Waals surface area contributed by atoms with Crippen LogP contribution in [-0.4, -0.2) is 31.9 Å². The van der Waals surface area contributed by atoms with Crippen LogP contribution in [0.3, 0.4) is 0 Å². The van der Waals surface area contributed by atoms with Crippen LogP contribution in [0, 0.1) is 5.82 Å². The van der Waals surface area contributed by atoms with Crippen molar-refractivity contribution in [2.24, 2.45) is 0 Å². The summed E-state index contributed by atoms with van der Waals surface area (Å²) >= 11 is 0. The molecule has 0 aliphatic heterocycles. The van der Waals surface area contributed by atoms with E-state index in [9.17, 15) is 4.39 Å². The fourth-order valence-electron chi connectivity index (χ4n) is 2.45. The lowest BCUT2D eigenvalue weighted by molar-refractivity contribution is 0.283. The van der Waals surface area contributed by atoms with Gasteiger partial charge in [-0.15, -0.1) is 0 Å². The summed E-state index contributed by atoms with van der Waals surface area (Å²) < 4.78 is 14.1. The van der Waals surface area contributed by atoms with Gasteiger partial charge in [0.2, 0.25) is 0 Å². The first-order chi connectivity index (χ1) is 9.61. The van der Waals surface area contributed by atoms with E-state index in [4.69, 9.17) is 5.11 Å². The van der Waals surface area contributed by atoms with Gasteiger partial charge in [-0.1, -0.05) is 13.0 Å². The van der Waals surface area contributed by atoms with Gasteiger partial charge in [-0.25, -0.2) is 4.39 Å². The number of nitrogens with one attached hydrogen (secondary N) is 1. The molecule has 3 nitrogen and oxygen atoms in total. The first-order valence-electron chi connectivity index (χ1n) is 7.45. The van der Waals surface area contributed by atoms with Gasteiger partial charge in [-0.2, -0.15) is 0 Å². The van der Waals surface area contributed by atoms with Gasteiger partial charge in [-0.05, 0) is 44.9 Å². The Hall–Kier alpha value is -1.13. The number of hydrogen-bond acceptors (Lipinski definition) is 3. The highest BCUT2D eigenvalue weighted by Gasteiger charge is 2.17. The highest BCUT2D eigenvalue weighted by atomic mass is 19.1. The fraction of sp³-hybridized carbons (Fsp3) is 0.625. The van der Waals surface area contributed by atoms with Crippen molar-refractivity contribution in [2.75, 3.05) is 31.6 Å². The molecule has 20 heavy (non-hydrogen) atoms. The Morgan fingerprint density at radius 1 is 1.30 bits per heavy atom. The molecule has 0 aliphatic carbocycles. The quantitative estimate of drug-likeness (QED) is 0.683. The van der Waals surface area contributed by atoms with Crippen molar-refractivity contribution < 1.29 is 9.50 Å². The molecule has 0 bridgehead atoms. The zero-order chi connectivity index (χ0) is 15.0. The number of aliphatic hydroxyl groups excluding tert-OH is 1. The molecule has 0 spiro atoms. The molecule has 0 saturated heterocycles. The molecule has 1 unspecified atom stereocenters. The van der Waals surface area contributed by atoms with E-state index in [1.54, 1.807) is 6.07 Å². The Morgan fingerprint density at radius 3 is 2.70 bits per heavy atom. The molecule has 0 radical (unpaired) electrons. The zero-order valence-corrected chi connectivity index (χ0v) is 12.8. The number of anilines is 1. The standard InChI is InChI=1S/C16H27FN2O/c1-4-18-13(2)16-14(17)9-8-10-15(16)19(3)11-6-5-7-12-20/h8-10,13,18,20H,4-7,11-12H2,1-3H3. The van der Waals surface area contributed by atoms with Crippen LogP contribution >= 0.6 is 0 Å². The fourth-order valence-corrected chi connectivity index (χ4v) is 2.45. The summed E-state index contributed by atoms with van der Waals surface area (Å²) in [5.74, 6) is -0.154. The van der Waals surface area contributed by atoms with Crippen molar-refractivity contribution in [3.63, 3.8) is 0 Å². The van der Waals surface area contributed by atoms with E-state index < -0.39 is 0 Å². The van der Waals surface area contributed by atoms with Crippen LogP contribution in [0.4, 0.5) is 10.1 Å². The number of halogens is 1. The van der Waals surface area contributed by atoms with Gasteiger partial charge in [0.1, 0.15) is 5.82 Å². The second-order valence-electron chi connectivity index (χ2n) is 5.16. The molecule has 1 atom stereocenters. The molecule has 1 rings (SSSR count). The number of benzene rings is 1. The largest absolute Gasteiger partial charge is 0.396 e. The molecule has 0 fully saturated rings. The average Bonchev–Trinajstić information content (AvgIpc) is 2.43. The van der Waals surface area contributed by atoms with E-state index in [1.165, 1.54) is 6.07 Å². The predicted octanol–water partition coefficient (Wildman–Crippen LogP) is 3.10. The molecule has 0 heterocycles. The minimum Gasteiger partial charge on any atom is -0.396 e. The van der Waals surface area contributed by atoms with Crippen molar-refractivity contribution in [1.82, 2.24) is 5.32 Å². The van der Waals surface area contributed by atoms with Crippen LogP contribution in [0.25, 0.3) is 0 Å². The summed E-state index contributed by atoms with van der Waals surface area (Å²) in [6.45, 7) is 5.94. The van der Waals surface area contributed by atoms with Crippen LogP contribution in [0.15, 0.2) is 18.2 Å². The number of rotatable bonds is 9. The summed E-state index contributed by atoms with van der Waals surface area (Å²) in [4.78, 5) is 2.10. The summed E-state index contributed by atoms with van der Waals surface area (Å²) in [5.41, 5.74) is 1.68. The first kappa shape index (κ1) is 16.9. The number of hydrogen-bond donors (Lipinski definition) is 2. The van der Waals surface area contributed by atoms with Crippen LogP contribution in [0.5, 0.6) is 0 Å². The molecule has 1 aromatic rings. The van der Waals surface area contributed by atoms with E-state index in [0.29, 0.717) is 0 Å². The highest BCUT2D eigenvalue weighted by molar-refractivity contribution is 5.55. The monoisotopic (exact) mass is 282 g/mol. The Balaban J connectivity index is 2.79. The molecule has 4 heteroatoms. The number of nitrogens with zero attached hydrogens (tertiary/aromatic N) is 1. The van der Waals surface area contributed by atoms with E-state index in [-0.39, 0.29) is 18.5 Å². The van der Waals surface area contributed by atoms with E-state index in [0.717, 1.165) is 43.6 Å². The SMILES string of the molecule is CCNC(C)c1c(F)cccc1N(C)CCCCCO. The molecule has 114 valence electrons. The average molecular weight is 282 g/mol. The van der Waals surface area contributed by atoms with Crippen LogP contribution in [-0.2, 0) is 0 Å². The molecule has 0 aromatic heterocycles.